The maximum atomic E-state index is 12.7. The Balaban J connectivity index is 1.75. The van der Waals surface area contributed by atoms with Crippen LogP contribution in [0, 0.1) is 28.6 Å². The number of Topliss-reactive ketones (excluding diaryl/α,β-unsaturated/α-hetero) is 1. The zero-order valence-electron chi connectivity index (χ0n) is 16.8. The van der Waals surface area contributed by atoms with Crippen LogP contribution in [0.1, 0.15) is 66.2 Å². The van der Waals surface area contributed by atoms with Crippen LogP contribution in [0.5, 0.6) is 0 Å². The molecule has 6 atom stereocenters. The number of carbonyl (C=O) groups excluding carboxylic acids is 3. The molecule has 0 amide bonds. The van der Waals surface area contributed by atoms with Gasteiger partial charge in [-0.05, 0) is 73.8 Å². The molecule has 0 aromatic heterocycles. The van der Waals surface area contributed by atoms with Crippen LogP contribution in [0.3, 0.4) is 0 Å². The van der Waals surface area contributed by atoms with Gasteiger partial charge in [0.1, 0.15) is 0 Å². The standard InChI is InChI=1S/C23H30O4/c1-14(24)23(27-15(2)25)12-9-20-18-6-5-16-13-17(26)7-10-21(16,3)19(18)8-11-22(20,23)4/h5-6,13,18-20H,7-12H2,1-4H3/t18-,19+,20+,21+,22+,23+/m0/s1. The van der Waals surface area contributed by atoms with Crippen molar-refractivity contribution in [2.24, 2.45) is 28.6 Å². The van der Waals surface area contributed by atoms with Gasteiger partial charge in [-0.3, -0.25) is 14.4 Å². The third kappa shape index (κ3) is 2.37. The molecule has 0 aliphatic heterocycles. The lowest BCUT2D eigenvalue weighted by Gasteiger charge is -2.57. The van der Waals surface area contributed by atoms with Gasteiger partial charge in [0.2, 0.25) is 0 Å². The second kappa shape index (κ2) is 5.89. The summed E-state index contributed by atoms with van der Waals surface area (Å²) in [4.78, 5) is 36.5. The van der Waals surface area contributed by atoms with Gasteiger partial charge in [0, 0.05) is 18.8 Å². The highest BCUT2D eigenvalue weighted by molar-refractivity contribution is 5.92. The van der Waals surface area contributed by atoms with Crippen LogP contribution in [-0.2, 0) is 19.1 Å². The molecule has 2 fully saturated rings. The molecule has 0 bridgehead atoms. The third-order valence-corrected chi connectivity index (χ3v) is 8.52. The van der Waals surface area contributed by atoms with Gasteiger partial charge in [-0.15, -0.1) is 0 Å². The number of esters is 1. The summed E-state index contributed by atoms with van der Waals surface area (Å²) in [7, 11) is 0. The van der Waals surface area contributed by atoms with E-state index >= 15 is 0 Å². The third-order valence-electron chi connectivity index (χ3n) is 8.52. The van der Waals surface area contributed by atoms with E-state index in [9.17, 15) is 14.4 Å². The fraction of sp³-hybridized carbons (Fsp3) is 0.696. The first-order valence-corrected chi connectivity index (χ1v) is 10.3. The first kappa shape index (κ1) is 18.6. The van der Waals surface area contributed by atoms with Crippen molar-refractivity contribution in [2.45, 2.75) is 71.8 Å². The molecule has 4 rings (SSSR count). The SMILES string of the molecule is CC(=O)O[C@@]1(C(C)=O)CC[C@@H]2[C@H]3C=CC4=CC(=O)CC[C@@]4(C)[C@@H]3CC[C@]21C. The molecule has 0 N–H and O–H groups in total. The lowest BCUT2D eigenvalue weighted by Crippen LogP contribution is -2.58. The molecular formula is C23H30O4. The van der Waals surface area contributed by atoms with Gasteiger partial charge in [-0.2, -0.15) is 0 Å². The van der Waals surface area contributed by atoms with Crippen molar-refractivity contribution < 1.29 is 19.1 Å². The minimum absolute atomic E-state index is 0.0176. The van der Waals surface area contributed by atoms with Crippen molar-refractivity contribution in [3.05, 3.63) is 23.8 Å². The Bertz CT molecular complexity index is 777. The van der Waals surface area contributed by atoms with Crippen LogP contribution in [0.25, 0.3) is 0 Å². The topological polar surface area (TPSA) is 60.4 Å². The van der Waals surface area contributed by atoms with Gasteiger partial charge in [0.05, 0.1) is 0 Å². The molecule has 4 heteroatoms. The highest BCUT2D eigenvalue weighted by Crippen LogP contribution is 2.67. The van der Waals surface area contributed by atoms with Crippen LogP contribution in [-0.4, -0.2) is 23.1 Å². The molecule has 0 spiro atoms. The first-order valence-electron chi connectivity index (χ1n) is 10.3. The summed E-state index contributed by atoms with van der Waals surface area (Å²) in [6.07, 6.45) is 11.2. The van der Waals surface area contributed by atoms with Gasteiger partial charge >= 0.3 is 5.97 Å². The van der Waals surface area contributed by atoms with Crippen LogP contribution < -0.4 is 0 Å². The summed E-state index contributed by atoms with van der Waals surface area (Å²) in [5, 5.41) is 0. The van der Waals surface area contributed by atoms with E-state index in [0.717, 1.165) is 25.7 Å². The predicted molar refractivity (Wildman–Crippen MR) is 102 cm³/mol. The molecule has 0 heterocycles. The summed E-state index contributed by atoms with van der Waals surface area (Å²) in [5.74, 6) is 1.03. The fourth-order valence-electron chi connectivity index (χ4n) is 7.06. The minimum Gasteiger partial charge on any atom is -0.451 e. The second-order valence-corrected chi connectivity index (χ2v) is 9.60. The van der Waals surface area contributed by atoms with E-state index in [4.69, 9.17) is 4.74 Å². The summed E-state index contributed by atoms with van der Waals surface area (Å²) in [6, 6.07) is 0. The quantitative estimate of drug-likeness (QED) is 0.684. The number of rotatable bonds is 2. The van der Waals surface area contributed by atoms with E-state index in [1.165, 1.54) is 12.5 Å². The number of ether oxygens (including phenoxy) is 1. The molecule has 27 heavy (non-hydrogen) atoms. The molecule has 2 saturated carbocycles. The average molecular weight is 370 g/mol. The van der Waals surface area contributed by atoms with Crippen LogP contribution in [0.2, 0.25) is 0 Å². The number of hydrogen-bond donors (Lipinski definition) is 0. The largest absolute Gasteiger partial charge is 0.451 e. The van der Waals surface area contributed by atoms with E-state index in [2.05, 4.69) is 26.0 Å². The number of carbonyl (C=O) groups is 3. The maximum absolute atomic E-state index is 12.7. The smallest absolute Gasteiger partial charge is 0.303 e. The molecule has 0 unspecified atom stereocenters. The molecule has 4 aliphatic rings. The van der Waals surface area contributed by atoms with Crippen molar-refractivity contribution in [3.63, 3.8) is 0 Å². The Morgan fingerprint density at radius 3 is 2.44 bits per heavy atom. The van der Waals surface area contributed by atoms with Crippen molar-refractivity contribution in [1.29, 1.82) is 0 Å². The van der Waals surface area contributed by atoms with E-state index in [0.29, 0.717) is 30.6 Å². The lowest BCUT2D eigenvalue weighted by atomic mass is 9.48. The number of hydrogen-bond acceptors (Lipinski definition) is 4. The molecule has 4 aliphatic carbocycles. The monoisotopic (exact) mass is 370 g/mol. The Morgan fingerprint density at radius 1 is 1.07 bits per heavy atom. The number of ketones is 2. The number of fused-ring (bicyclic) bond motifs is 5. The van der Waals surface area contributed by atoms with E-state index in [1.807, 2.05) is 6.08 Å². The van der Waals surface area contributed by atoms with Gasteiger partial charge in [0.15, 0.2) is 17.2 Å². The van der Waals surface area contributed by atoms with Crippen molar-refractivity contribution in [2.75, 3.05) is 0 Å². The average Bonchev–Trinajstić information content (AvgIpc) is 2.89. The Labute approximate surface area is 161 Å². The summed E-state index contributed by atoms with van der Waals surface area (Å²) < 4.78 is 5.79. The summed E-state index contributed by atoms with van der Waals surface area (Å²) in [6.45, 7) is 7.46. The van der Waals surface area contributed by atoms with Crippen LogP contribution >= 0.6 is 0 Å². The molecule has 4 nitrogen and oxygen atoms in total. The maximum Gasteiger partial charge on any atom is 0.303 e. The molecular weight excluding hydrogens is 340 g/mol. The highest BCUT2D eigenvalue weighted by atomic mass is 16.6. The van der Waals surface area contributed by atoms with Gasteiger partial charge in [0.25, 0.3) is 0 Å². The zero-order valence-corrected chi connectivity index (χ0v) is 16.8. The van der Waals surface area contributed by atoms with Gasteiger partial charge < -0.3 is 4.74 Å². The predicted octanol–water partition coefficient (Wildman–Crippen LogP) is 4.19. The number of allylic oxidation sites excluding steroid dienone is 4. The fourth-order valence-corrected chi connectivity index (χ4v) is 7.06. The Morgan fingerprint density at radius 2 is 1.78 bits per heavy atom. The Kier molecular flexibility index (Phi) is 4.07. The van der Waals surface area contributed by atoms with Crippen molar-refractivity contribution in [1.82, 2.24) is 0 Å². The summed E-state index contributed by atoms with van der Waals surface area (Å²) in [5.41, 5.74) is -0.0864. The van der Waals surface area contributed by atoms with Gasteiger partial charge in [-0.25, -0.2) is 0 Å². The van der Waals surface area contributed by atoms with Crippen molar-refractivity contribution >= 4 is 17.5 Å². The molecule has 0 radical (unpaired) electrons. The molecule has 0 aromatic rings. The molecule has 0 aromatic carbocycles. The molecule has 146 valence electrons. The Hall–Kier alpha value is -1.71. The minimum atomic E-state index is -0.984. The van der Waals surface area contributed by atoms with E-state index in [-0.39, 0.29) is 28.4 Å². The molecule has 0 saturated heterocycles. The van der Waals surface area contributed by atoms with E-state index < -0.39 is 5.60 Å². The lowest BCUT2D eigenvalue weighted by molar-refractivity contribution is -0.185. The second-order valence-electron chi connectivity index (χ2n) is 9.60. The van der Waals surface area contributed by atoms with Crippen LogP contribution in [0.4, 0.5) is 0 Å². The van der Waals surface area contributed by atoms with Crippen LogP contribution in [0.15, 0.2) is 23.8 Å². The first-order chi connectivity index (χ1) is 12.6. The summed E-state index contributed by atoms with van der Waals surface area (Å²) >= 11 is 0. The van der Waals surface area contributed by atoms with E-state index in [1.54, 1.807) is 6.92 Å². The normalized spacial score (nSPS) is 45.4. The highest BCUT2D eigenvalue weighted by Gasteiger charge is 2.67. The zero-order chi connectivity index (χ0) is 19.6. The van der Waals surface area contributed by atoms with Crippen molar-refractivity contribution in [3.8, 4) is 0 Å². The van der Waals surface area contributed by atoms with Gasteiger partial charge in [-0.1, -0.05) is 26.0 Å².